The lowest BCUT2D eigenvalue weighted by Crippen LogP contribution is -2.38. The standard InChI is InChI=1S/C21H28FN3O2S.HI/c1-15-9-16(2)11-17(10-15)7-8-24-21(23-3)25-13-19-12-20(22)6-5-18(19)14-28(4,26)27;/h5-6,9-12H,7-8,13-14H2,1-4H3,(H2,23,24,25);1H. The highest BCUT2D eigenvalue weighted by Crippen LogP contribution is 2.14. The van der Waals surface area contributed by atoms with E-state index in [9.17, 15) is 12.8 Å². The van der Waals surface area contributed by atoms with Crippen LogP contribution in [0.2, 0.25) is 0 Å². The summed E-state index contributed by atoms with van der Waals surface area (Å²) in [6, 6.07) is 10.6. The molecule has 0 unspecified atom stereocenters. The first-order valence-corrected chi connectivity index (χ1v) is 11.2. The smallest absolute Gasteiger partial charge is 0.191 e. The molecule has 2 rings (SSSR count). The number of halogens is 2. The fourth-order valence-corrected chi connectivity index (χ4v) is 3.97. The Morgan fingerprint density at radius 3 is 2.28 bits per heavy atom. The zero-order chi connectivity index (χ0) is 20.7. The molecule has 2 aromatic rings. The lowest BCUT2D eigenvalue weighted by Gasteiger charge is -2.14. The number of aryl methyl sites for hydroxylation is 2. The number of guanidine groups is 1. The van der Waals surface area contributed by atoms with Gasteiger partial charge in [-0.15, -0.1) is 24.0 Å². The quantitative estimate of drug-likeness (QED) is 0.325. The highest BCUT2D eigenvalue weighted by atomic mass is 127. The maximum absolute atomic E-state index is 13.6. The van der Waals surface area contributed by atoms with Crippen LogP contribution in [0.3, 0.4) is 0 Å². The van der Waals surface area contributed by atoms with Gasteiger partial charge in [0.2, 0.25) is 0 Å². The third kappa shape index (κ3) is 9.12. The van der Waals surface area contributed by atoms with Crippen molar-refractivity contribution in [1.29, 1.82) is 0 Å². The molecule has 0 bridgehead atoms. The van der Waals surface area contributed by atoms with E-state index in [2.05, 4.69) is 47.7 Å². The molecule has 8 heteroatoms. The summed E-state index contributed by atoms with van der Waals surface area (Å²) < 4.78 is 36.8. The minimum absolute atomic E-state index is 0. The lowest BCUT2D eigenvalue weighted by molar-refractivity contribution is 0.599. The van der Waals surface area contributed by atoms with Crippen molar-refractivity contribution in [2.24, 2.45) is 4.99 Å². The highest BCUT2D eigenvalue weighted by molar-refractivity contribution is 14.0. The summed E-state index contributed by atoms with van der Waals surface area (Å²) in [4.78, 5) is 4.18. The van der Waals surface area contributed by atoms with Gasteiger partial charge in [-0.1, -0.05) is 35.4 Å². The van der Waals surface area contributed by atoms with Crippen molar-refractivity contribution in [3.05, 3.63) is 70.0 Å². The van der Waals surface area contributed by atoms with Crippen LogP contribution in [0.25, 0.3) is 0 Å². The molecule has 0 aliphatic carbocycles. The predicted octanol–water partition coefficient (Wildman–Crippen LogP) is 3.51. The second kappa shape index (κ2) is 11.5. The van der Waals surface area contributed by atoms with Crippen LogP contribution in [0.1, 0.15) is 27.8 Å². The Hall–Kier alpha value is -1.68. The van der Waals surface area contributed by atoms with E-state index in [1.807, 2.05) is 0 Å². The molecule has 0 saturated carbocycles. The number of benzene rings is 2. The van der Waals surface area contributed by atoms with Crippen molar-refractivity contribution in [3.8, 4) is 0 Å². The molecular formula is C21H29FIN3O2S. The van der Waals surface area contributed by atoms with Crippen LogP contribution in [-0.2, 0) is 28.6 Å². The molecule has 0 atom stereocenters. The maximum atomic E-state index is 13.6. The van der Waals surface area contributed by atoms with Crippen LogP contribution < -0.4 is 10.6 Å². The molecule has 29 heavy (non-hydrogen) atoms. The van der Waals surface area contributed by atoms with Gasteiger partial charge in [-0.3, -0.25) is 4.99 Å². The SMILES string of the molecule is CN=C(NCCc1cc(C)cc(C)c1)NCc1cc(F)ccc1CS(C)(=O)=O.I. The second-order valence-electron chi connectivity index (χ2n) is 7.08. The first-order valence-electron chi connectivity index (χ1n) is 9.13. The minimum Gasteiger partial charge on any atom is -0.356 e. The molecule has 0 aliphatic heterocycles. The van der Waals surface area contributed by atoms with Gasteiger partial charge in [0.1, 0.15) is 5.82 Å². The van der Waals surface area contributed by atoms with E-state index in [0.29, 0.717) is 23.6 Å². The highest BCUT2D eigenvalue weighted by Gasteiger charge is 2.11. The number of nitrogens with zero attached hydrogens (tertiary/aromatic N) is 1. The van der Waals surface area contributed by atoms with Gasteiger partial charge in [-0.25, -0.2) is 12.8 Å². The lowest BCUT2D eigenvalue weighted by atomic mass is 10.1. The third-order valence-corrected chi connectivity index (χ3v) is 5.08. The van der Waals surface area contributed by atoms with E-state index in [1.165, 1.54) is 41.1 Å². The summed E-state index contributed by atoms with van der Waals surface area (Å²) >= 11 is 0. The van der Waals surface area contributed by atoms with Crippen LogP contribution >= 0.6 is 24.0 Å². The van der Waals surface area contributed by atoms with Crippen molar-refractivity contribution in [1.82, 2.24) is 10.6 Å². The fourth-order valence-electron chi connectivity index (χ4n) is 3.12. The molecule has 5 nitrogen and oxygen atoms in total. The van der Waals surface area contributed by atoms with E-state index in [1.54, 1.807) is 7.05 Å². The molecule has 0 heterocycles. The monoisotopic (exact) mass is 533 g/mol. The number of hydrogen-bond donors (Lipinski definition) is 2. The van der Waals surface area contributed by atoms with Crippen LogP contribution in [0.4, 0.5) is 4.39 Å². The Morgan fingerprint density at radius 2 is 1.69 bits per heavy atom. The molecule has 2 N–H and O–H groups in total. The van der Waals surface area contributed by atoms with Gasteiger partial charge >= 0.3 is 0 Å². The van der Waals surface area contributed by atoms with Crippen molar-refractivity contribution in [2.75, 3.05) is 19.8 Å². The molecule has 2 aromatic carbocycles. The zero-order valence-corrected chi connectivity index (χ0v) is 20.4. The molecular weight excluding hydrogens is 504 g/mol. The van der Waals surface area contributed by atoms with E-state index in [0.717, 1.165) is 6.42 Å². The molecule has 0 spiro atoms. The van der Waals surface area contributed by atoms with Crippen LogP contribution in [-0.4, -0.2) is 34.2 Å². The Morgan fingerprint density at radius 1 is 1.03 bits per heavy atom. The number of sulfone groups is 1. The molecule has 0 amide bonds. The van der Waals surface area contributed by atoms with Crippen molar-refractivity contribution in [2.45, 2.75) is 32.6 Å². The number of rotatable bonds is 7. The number of aliphatic imine (C=N–C) groups is 1. The Labute approximate surface area is 190 Å². The summed E-state index contributed by atoms with van der Waals surface area (Å²) in [5.41, 5.74) is 4.91. The fraction of sp³-hybridized carbons (Fsp3) is 0.381. The topological polar surface area (TPSA) is 70.6 Å². The Kier molecular flexibility index (Phi) is 10.0. The van der Waals surface area contributed by atoms with E-state index < -0.39 is 15.7 Å². The number of nitrogens with one attached hydrogen (secondary N) is 2. The van der Waals surface area contributed by atoms with Gasteiger partial charge in [0, 0.05) is 26.4 Å². The maximum Gasteiger partial charge on any atom is 0.191 e. The second-order valence-corrected chi connectivity index (χ2v) is 9.22. The van der Waals surface area contributed by atoms with E-state index in [4.69, 9.17) is 0 Å². The first kappa shape index (κ1) is 25.4. The summed E-state index contributed by atoms with van der Waals surface area (Å²) in [6.07, 6.45) is 2.02. The molecule has 0 saturated heterocycles. The largest absolute Gasteiger partial charge is 0.356 e. The Balaban J connectivity index is 0.00000420. The molecule has 0 aromatic heterocycles. The summed E-state index contributed by atoms with van der Waals surface area (Å²) in [5.74, 6) is 0.0639. The third-order valence-electron chi connectivity index (χ3n) is 4.24. The van der Waals surface area contributed by atoms with Crippen LogP contribution in [0.5, 0.6) is 0 Å². The van der Waals surface area contributed by atoms with Crippen molar-refractivity contribution in [3.63, 3.8) is 0 Å². The molecule has 0 aliphatic rings. The summed E-state index contributed by atoms with van der Waals surface area (Å²) in [5, 5.41) is 6.36. The summed E-state index contributed by atoms with van der Waals surface area (Å²) in [6.45, 7) is 5.14. The van der Waals surface area contributed by atoms with Crippen molar-refractivity contribution < 1.29 is 12.8 Å². The minimum atomic E-state index is -3.20. The van der Waals surface area contributed by atoms with Gasteiger partial charge in [0.15, 0.2) is 15.8 Å². The van der Waals surface area contributed by atoms with E-state index in [-0.39, 0.29) is 36.3 Å². The van der Waals surface area contributed by atoms with Gasteiger partial charge in [0.25, 0.3) is 0 Å². The molecule has 0 radical (unpaired) electrons. The van der Waals surface area contributed by atoms with Gasteiger partial charge in [-0.05, 0) is 49.1 Å². The number of hydrogen-bond acceptors (Lipinski definition) is 3. The molecule has 0 fully saturated rings. The zero-order valence-electron chi connectivity index (χ0n) is 17.3. The summed E-state index contributed by atoms with van der Waals surface area (Å²) in [7, 11) is -1.54. The van der Waals surface area contributed by atoms with Gasteiger partial charge in [0.05, 0.1) is 5.75 Å². The Bertz CT molecular complexity index is 942. The normalized spacial score (nSPS) is 11.7. The van der Waals surface area contributed by atoms with Crippen molar-refractivity contribution >= 4 is 39.8 Å². The predicted molar refractivity (Wildman–Crippen MR) is 128 cm³/mol. The average molecular weight is 533 g/mol. The van der Waals surface area contributed by atoms with Gasteiger partial charge < -0.3 is 10.6 Å². The van der Waals surface area contributed by atoms with E-state index >= 15 is 0 Å². The molecule has 160 valence electrons. The first-order chi connectivity index (χ1) is 13.2. The van der Waals surface area contributed by atoms with Gasteiger partial charge in [-0.2, -0.15) is 0 Å². The van der Waals surface area contributed by atoms with Crippen LogP contribution in [0.15, 0.2) is 41.4 Å². The van der Waals surface area contributed by atoms with Crippen LogP contribution in [0, 0.1) is 19.7 Å². The average Bonchev–Trinajstić information content (AvgIpc) is 2.58.